The minimum atomic E-state index is -0.880. The predicted octanol–water partition coefficient (Wildman–Crippen LogP) is 3.25. The summed E-state index contributed by atoms with van der Waals surface area (Å²) in [5.74, 6) is -2.30. The van der Waals surface area contributed by atoms with E-state index in [1.165, 1.54) is 12.1 Å². The van der Waals surface area contributed by atoms with Crippen LogP contribution in [0.25, 0.3) is 0 Å². The van der Waals surface area contributed by atoms with Crippen molar-refractivity contribution in [3.05, 3.63) is 67.1 Å². The quantitative estimate of drug-likeness (QED) is 0.448. The van der Waals surface area contributed by atoms with Crippen LogP contribution in [0.1, 0.15) is 20.7 Å². The summed E-state index contributed by atoms with van der Waals surface area (Å²) in [6.07, 6.45) is 0. The van der Waals surface area contributed by atoms with E-state index in [1.54, 1.807) is 18.2 Å². The fraction of sp³-hybridized carbons (Fsp3) is 0.0625. The average Bonchev–Trinajstić information content (AvgIpc) is 2.82. The molecule has 1 heterocycles. The largest absolute Gasteiger partial charge is 0.323 e. The summed E-state index contributed by atoms with van der Waals surface area (Å²) in [7, 11) is 0. The summed E-state index contributed by atoms with van der Waals surface area (Å²) in [5, 5.41) is 13.8. The number of nitro benzene ring substituents is 1. The molecule has 0 fully saturated rings. The Kier molecular flexibility index (Phi) is 4.75. The zero-order valence-electron chi connectivity index (χ0n) is 12.9. The highest BCUT2D eigenvalue weighted by atomic mass is 79.9. The molecule has 26 heavy (non-hydrogen) atoms. The molecule has 1 N–H and O–H groups in total. The Labute approximate surface area is 160 Å². The maximum atomic E-state index is 12.4. The van der Waals surface area contributed by atoms with E-state index in [4.69, 9.17) is 11.6 Å². The van der Waals surface area contributed by atoms with E-state index < -0.39 is 34.9 Å². The van der Waals surface area contributed by atoms with Crippen LogP contribution in [0.5, 0.6) is 0 Å². The van der Waals surface area contributed by atoms with Crippen LogP contribution in [0.4, 0.5) is 11.4 Å². The molecule has 1 aliphatic rings. The molecule has 0 radical (unpaired) electrons. The first kappa shape index (κ1) is 18.0. The normalized spacial score (nSPS) is 12.9. The molecule has 2 aromatic rings. The molecule has 3 amide bonds. The first-order valence-corrected chi connectivity index (χ1v) is 8.35. The lowest BCUT2D eigenvalue weighted by molar-refractivity contribution is -0.385. The molecule has 8 nitrogen and oxygen atoms in total. The highest BCUT2D eigenvalue weighted by Crippen LogP contribution is 2.31. The molecule has 2 aromatic carbocycles. The average molecular weight is 439 g/mol. The third-order valence-electron chi connectivity index (χ3n) is 3.68. The van der Waals surface area contributed by atoms with Crippen LogP contribution >= 0.6 is 27.5 Å². The number of nitro groups is 1. The number of halogens is 2. The van der Waals surface area contributed by atoms with E-state index in [0.717, 1.165) is 6.07 Å². The summed E-state index contributed by atoms with van der Waals surface area (Å²) in [5.41, 5.74) is -0.571. The first-order valence-electron chi connectivity index (χ1n) is 7.18. The molecule has 0 aliphatic carbocycles. The molecule has 0 unspecified atom stereocenters. The van der Waals surface area contributed by atoms with E-state index in [-0.39, 0.29) is 16.1 Å². The number of rotatable bonds is 4. The number of hydrogen-bond donors (Lipinski definition) is 1. The van der Waals surface area contributed by atoms with Gasteiger partial charge in [-0.3, -0.25) is 29.4 Å². The second-order valence-corrected chi connectivity index (χ2v) is 6.65. The van der Waals surface area contributed by atoms with Gasteiger partial charge in [-0.15, -0.1) is 0 Å². The van der Waals surface area contributed by atoms with Gasteiger partial charge in [0.25, 0.3) is 17.5 Å². The number of amides is 3. The van der Waals surface area contributed by atoms with Crippen molar-refractivity contribution in [1.29, 1.82) is 0 Å². The van der Waals surface area contributed by atoms with Crippen LogP contribution in [0, 0.1) is 10.1 Å². The Hall–Kier alpha value is -2.78. The lowest BCUT2D eigenvalue weighted by Crippen LogP contribution is -2.37. The van der Waals surface area contributed by atoms with Gasteiger partial charge in [-0.2, -0.15) is 0 Å². The number of carbonyl (C=O) groups excluding carboxylic acids is 3. The molecule has 0 spiro atoms. The van der Waals surface area contributed by atoms with Crippen molar-refractivity contribution in [2.75, 3.05) is 11.9 Å². The molecule has 0 atom stereocenters. The summed E-state index contributed by atoms with van der Waals surface area (Å²) >= 11 is 9.24. The van der Waals surface area contributed by atoms with Crippen LogP contribution in [0.15, 0.2) is 40.9 Å². The molecule has 0 bridgehead atoms. The second-order valence-electron chi connectivity index (χ2n) is 5.33. The maximum absolute atomic E-state index is 12.4. The van der Waals surface area contributed by atoms with E-state index in [2.05, 4.69) is 21.2 Å². The Morgan fingerprint density at radius 2 is 1.96 bits per heavy atom. The van der Waals surface area contributed by atoms with Gasteiger partial charge in [0.2, 0.25) is 5.91 Å². The minimum Gasteiger partial charge on any atom is -0.323 e. The van der Waals surface area contributed by atoms with Gasteiger partial charge >= 0.3 is 0 Å². The number of fused-ring (bicyclic) bond motifs is 1. The third-order valence-corrected chi connectivity index (χ3v) is 4.49. The number of anilines is 1. The lowest BCUT2D eigenvalue weighted by atomic mass is 10.1. The number of hydrogen-bond acceptors (Lipinski definition) is 5. The Morgan fingerprint density at radius 3 is 2.62 bits per heavy atom. The summed E-state index contributed by atoms with van der Waals surface area (Å²) < 4.78 is 0.716. The van der Waals surface area contributed by atoms with Crippen molar-refractivity contribution in [2.24, 2.45) is 0 Å². The van der Waals surface area contributed by atoms with Crippen LogP contribution in [-0.4, -0.2) is 34.1 Å². The molecule has 0 saturated heterocycles. The van der Waals surface area contributed by atoms with Crippen molar-refractivity contribution in [3.63, 3.8) is 0 Å². The Balaban J connectivity index is 1.82. The number of imide groups is 1. The van der Waals surface area contributed by atoms with E-state index in [1.807, 2.05) is 0 Å². The number of nitrogens with one attached hydrogen (secondary N) is 1. The van der Waals surface area contributed by atoms with Crippen molar-refractivity contribution in [1.82, 2.24) is 4.90 Å². The molecule has 3 rings (SSSR count). The van der Waals surface area contributed by atoms with Crippen molar-refractivity contribution < 1.29 is 19.3 Å². The van der Waals surface area contributed by atoms with Crippen molar-refractivity contribution in [3.8, 4) is 0 Å². The van der Waals surface area contributed by atoms with Gasteiger partial charge in [0, 0.05) is 10.5 Å². The second kappa shape index (κ2) is 6.85. The van der Waals surface area contributed by atoms with Gasteiger partial charge in [0.05, 0.1) is 21.2 Å². The van der Waals surface area contributed by atoms with Crippen molar-refractivity contribution in [2.45, 2.75) is 0 Å². The third kappa shape index (κ3) is 3.18. The first-order chi connectivity index (χ1) is 12.3. The summed E-state index contributed by atoms with van der Waals surface area (Å²) in [6.45, 7) is -0.587. The van der Waals surface area contributed by atoms with E-state index in [0.29, 0.717) is 15.1 Å². The molecule has 0 saturated carbocycles. The van der Waals surface area contributed by atoms with Crippen LogP contribution < -0.4 is 5.32 Å². The van der Waals surface area contributed by atoms with Gasteiger partial charge in [-0.05, 0) is 24.3 Å². The SMILES string of the molecule is O=C(CN1C(=O)c2cccc([N+](=O)[O-])c2C1=O)Nc1ccc(Br)cc1Cl. The summed E-state index contributed by atoms with van der Waals surface area (Å²) in [4.78, 5) is 48.0. The molecular formula is C16H9BrClN3O5. The molecule has 132 valence electrons. The number of benzene rings is 2. The monoisotopic (exact) mass is 437 g/mol. The fourth-order valence-electron chi connectivity index (χ4n) is 2.54. The smallest absolute Gasteiger partial charge is 0.282 e. The standard InChI is InChI=1S/C16H9BrClN3O5/c17-8-4-5-11(10(18)6-8)19-13(22)7-20-15(23)9-2-1-3-12(21(25)26)14(9)16(20)24/h1-6H,7H2,(H,19,22). The van der Waals surface area contributed by atoms with Gasteiger partial charge in [0.1, 0.15) is 12.1 Å². The maximum Gasteiger partial charge on any atom is 0.282 e. The van der Waals surface area contributed by atoms with E-state index in [9.17, 15) is 24.5 Å². The summed E-state index contributed by atoms with van der Waals surface area (Å²) in [6, 6.07) is 8.54. The fourth-order valence-corrected chi connectivity index (χ4v) is 3.26. The number of nitrogens with zero attached hydrogens (tertiary/aromatic N) is 2. The van der Waals surface area contributed by atoms with Gasteiger partial charge in [0.15, 0.2) is 0 Å². The molecular weight excluding hydrogens is 430 g/mol. The predicted molar refractivity (Wildman–Crippen MR) is 96.2 cm³/mol. The highest BCUT2D eigenvalue weighted by Gasteiger charge is 2.41. The topological polar surface area (TPSA) is 110 Å². The molecule has 1 aliphatic heterocycles. The highest BCUT2D eigenvalue weighted by molar-refractivity contribution is 9.10. The van der Waals surface area contributed by atoms with Crippen molar-refractivity contribution >= 4 is 56.6 Å². The van der Waals surface area contributed by atoms with Crippen LogP contribution in [-0.2, 0) is 4.79 Å². The Morgan fingerprint density at radius 1 is 1.23 bits per heavy atom. The Bertz CT molecular complexity index is 978. The number of carbonyl (C=O) groups is 3. The lowest BCUT2D eigenvalue weighted by Gasteiger charge is -2.14. The minimum absolute atomic E-state index is 0.0984. The molecule has 0 aromatic heterocycles. The zero-order chi connectivity index (χ0) is 19.0. The zero-order valence-corrected chi connectivity index (χ0v) is 15.2. The van der Waals surface area contributed by atoms with Crippen LogP contribution in [0.2, 0.25) is 5.02 Å². The van der Waals surface area contributed by atoms with Gasteiger partial charge in [-0.25, -0.2) is 0 Å². The van der Waals surface area contributed by atoms with Gasteiger partial charge < -0.3 is 5.32 Å². The van der Waals surface area contributed by atoms with E-state index >= 15 is 0 Å². The molecule has 10 heteroatoms. The van der Waals surface area contributed by atoms with Crippen LogP contribution in [0.3, 0.4) is 0 Å². The van der Waals surface area contributed by atoms with Gasteiger partial charge in [-0.1, -0.05) is 33.6 Å².